The van der Waals surface area contributed by atoms with E-state index in [1.165, 1.54) is 0 Å². The zero-order valence-corrected chi connectivity index (χ0v) is 5.79. The molecule has 0 aliphatic rings. The van der Waals surface area contributed by atoms with Gasteiger partial charge in [-0.2, -0.15) is 0 Å². The molecule has 1 rings (SSSR count). The van der Waals surface area contributed by atoms with E-state index in [2.05, 4.69) is 4.98 Å². The summed E-state index contributed by atoms with van der Waals surface area (Å²) in [6, 6.07) is 5.75. The van der Waals surface area contributed by atoms with Crippen molar-refractivity contribution in [2.45, 2.75) is 12.8 Å². The van der Waals surface area contributed by atoms with Gasteiger partial charge in [-0.1, -0.05) is 6.07 Å². The van der Waals surface area contributed by atoms with Crippen LogP contribution in [0.25, 0.3) is 0 Å². The molecule has 0 bridgehead atoms. The number of pyridine rings is 1. The minimum absolute atomic E-state index is 0.00340. The number of hydrogen-bond donors (Lipinski definition) is 0. The molecule has 0 aliphatic carbocycles. The molecule has 0 fully saturated rings. The topological polar surface area (TPSA) is 32.8 Å². The van der Waals surface area contributed by atoms with E-state index in [9.17, 15) is 5.11 Å². The molecule has 10 heavy (non-hydrogen) atoms. The van der Waals surface area contributed by atoms with E-state index in [0.717, 1.165) is 12.1 Å². The molecule has 0 aromatic carbocycles. The Morgan fingerprint density at radius 1 is 1.40 bits per heavy atom. The molecular weight excluding hydrogens is 126 g/mol. The Morgan fingerprint density at radius 3 is 2.90 bits per heavy atom. The first-order chi connectivity index (χ1) is 4.93. The molecule has 53 valence electrons. The quantitative estimate of drug-likeness (QED) is 0.619. The van der Waals surface area contributed by atoms with E-state index in [1.54, 1.807) is 6.20 Å². The van der Waals surface area contributed by atoms with Gasteiger partial charge in [0.05, 0.1) is 6.61 Å². The van der Waals surface area contributed by atoms with Crippen LogP contribution in [0, 0.1) is 0 Å². The predicted molar refractivity (Wildman–Crippen MR) is 38.1 cm³/mol. The molecule has 0 saturated heterocycles. The van der Waals surface area contributed by atoms with E-state index in [0.29, 0.717) is 6.42 Å². The van der Waals surface area contributed by atoms with Crippen molar-refractivity contribution >= 4 is 0 Å². The number of hydrogen-bond acceptors (Lipinski definition) is 1. The molecule has 1 radical (unpaired) electrons. The van der Waals surface area contributed by atoms with E-state index in [-0.39, 0.29) is 6.61 Å². The van der Waals surface area contributed by atoms with Gasteiger partial charge in [0.25, 0.3) is 0 Å². The van der Waals surface area contributed by atoms with Crippen molar-refractivity contribution in [2.24, 2.45) is 0 Å². The Hall–Kier alpha value is -0.890. The maximum Gasteiger partial charge on any atom is 0.0826 e. The number of aromatic nitrogens is 1. The lowest BCUT2D eigenvalue weighted by molar-refractivity contribution is 0.189. The highest BCUT2D eigenvalue weighted by Crippen LogP contribution is 1.96. The molecule has 1 aromatic rings. The van der Waals surface area contributed by atoms with Crippen LogP contribution in [0.2, 0.25) is 0 Å². The Balaban J connectivity index is 2.43. The lowest BCUT2D eigenvalue weighted by atomic mass is 10.2. The van der Waals surface area contributed by atoms with Gasteiger partial charge < -0.3 is 0 Å². The van der Waals surface area contributed by atoms with Crippen molar-refractivity contribution in [3.05, 3.63) is 30.1 Å². The molecule has 0 N–H and O–H groups in total. The molecule has 1 aromatic heterocycles. The Bertz CT molecular complexity index is 174. The molecule has 0 aliphatic heterocycles. The summed E-state index contributed by atoms with van der Waals surface area (Å²) in [5, 5.41) is 10.1. The van der Waals surface area contributed by atoms with Crippen molar-refractivity contribution < 1.29 is 5.11 Å². The van der Waals surface area contributed by atoms with Crippen LogP contribution in [0.3, 0.4) is 0 Å². The smallest absolute Gasteiger partial charge is 0.0826 e. The van der Waals surface area contributed by atoms with Gasteiger partial charge in [-0.15, -0.1) is 0 Å². The summed E-state index contributed by atoms with van der Waals surface area (Å²) in [6.45, 7) is -0.00340. The highest BCUT2D eigenvalue weighted by atomic mass is 16.2. The summed E-state index contributed by atoms with van der Waals surface area (Å²) < 4.78 is 0. The second-order valence-electron chi connectivity index (χ2n) is 2.13. The summed E-state index contributed by atoms with van der Waals surface area (Å²) in [6.07, 6.45) is 3.25. The van der Waals surface area contributed by atoms with Gasteiger partial charge in [0.15, 0.2) is 0 Å². The lowest BCUT2D eigenvalue weighted by Crippen LogP contribution is -1.90. The fourth-order valence-corrected chi connectivity index (χ4v) is 0.799. The zero-order valence-electron chi connectivity index (χ0n) is 5.79. The average molecular weight is 136 g/mol. The van der Waals surface area contributed by atoms with Gasteiger partial charge in [-0.3, -0.25) is 4.98 Å². The maximum absolute atomic E-state index is 10.1. The van der Waals surface area contributed by atoms with Crippen LogP contribution in [0.4, 0.5) is 0 Å². The van der Waals surface area contributed by atoms with E-state index in [1.807, 2.05) is 18.2 Å². The zero-order chi connectivity index (χ0) is 7.23. The second-order valence-corrected chi connectivity index (χ2v) is 2.13. The van der Waals surface area contributed by atoms with Crippen LogP contribution < -0.4 is 0 Å². The van der Waals surface area contributed by atoms with E-state index < -0.39 is 0 Å². The van der Waals surface area contributed by atoms with Crippen molar-refractivity contribution in [1.29, 1.82) is 0 Å². The van der Waals surface area contributed by atoms with Crippen LogP contribution >= 0.6 is 0 Å². The third-order valence-corrected chi connectivity index (χ3v) is 1.30. The molecule has 0 saturated carbocycles. The summed E-state index contributed by atoms with van der Waals surface area (Å²) in [5.74, 6) is 0. The van der Waals surface area contributed by atoms with Crippen LogP contribution in [-0.2, 0) is 11.5 Å². The normalized spacial score (nSPS) is 9.70. The monoisotopic (exact) mass is 136 g/mol. The van der Waals surface area contributed by atoms with Gasteiger partial charge in [-0.25, -0.2) is 5.11 Å². The standard InChI is InChI=1S/C8H10NO/c10-7-3-5-8-4-1-2-6-9-8/h1-2,4,6H,3,5,7H2. The minimum Gasteiger partial charge on any atom is -0.261 e. The lowest BCUT2D eigenvalue weighted by Gasteiger charge is -1.94. The van der Waals surface area contributed by atoms with Crippen LogP contribution in [0.15, 0.2) is 24.4 Å². The van der Waals surface area contributed by atoms with Gasteiger partial charge in [0.2, 0.25) is 0 Å². The van der Waals surface area contributed by atoms with E-state index >= 15 is 0 Å². The predicted octanol–water partition coefficient (Wildman–Crippen LogP) is 1.44. The molecular formula is C8H10NO. The van der Waals surface area contributed by atoms with Crippen LogP contribution in [0.1, 0.15) is 12.1 Å². The molecule has 0 atom stereocenters. The fraction of sp³-hybridized carbons (Fsp3) is 0.375. The SMILES string of the molecule is [O]CCCc1ccccn1. The van der Waals surface area contributed by atoms with Gasteiger partial charge in [0.1, 0.15) is 0 Å². The van der Waals surface area contributed by atoms with E-state index in [4.69, 9.17) is 0 Å². The van der Waals surface area contributed by atoms with Crippen molar-refractivity contribution in [3.8, 4) is 0 Å². The number of aryl methyl sites for hydroxylation is 1. The third kappa shape index (κ3) is 2.15. The Labute approximate surface area is 60.5 Å². The van der Waals surface area contributed by atoms with Gasteiger partial charge in [0, 0.05) is 11.9 Å². The third-order valence-electron chi connectivity index (χ3n) is 1.30. The largest absolute Gasteiger partial charge is 0.261 e. The van der Waals surface area contributed by atoms with Crippen LogP contribution in [0.5, 0.6) is 0 Å². The first-order valence-corrected chi connectivity index (χ1v) is 3.41. The molecule has 0 amide bonds. The molecule has 0 spiro atoms. The Morgan fingerprint density at radius 2 is 2.30 bits per heavy atom. The first-order valence-electron chi connectivity index (χ1n) is 3.41. The minimum atomic E-state index is -0.00340. The molecule has 0 unspecified atom stereocenters. The Kier molecular flexibility index (Phi) is 2.90. The maximum atomic E-state index is 10.1. The highest BCUT2D eigenvalue weighted by molar-refractivity contribution is 5.03. The summed E-state index contributed by atoms with van der Waals surface area (Å²) in [4.78, 5) is 4.08. The summed E-state index contributed by atoms with van der Waals surface area (Å²) >= 11 is 0. The van der Waals surface area contributed by atoms with Crippen molar-refractivity contribution in [3.63, 3.8) is 0 Å². The molecule has 2 heteroatoms. The van der Waals surface area contributed by atoms with Crippen molar-refractivity contribution in [2.75, 3.05) is 6.61 Å². The van der Waals surface area contributed by atoms with Gasteiger partial charge in [-0.05, 0) is 25.0 Å². The average Bonchev–Trinajstić information content (AvgIpc) is 2.03. The van der Waals surface area contributed by atoms with Crippen molar-refractivity contribution in [1.82, 2.24) is 4.98 Å². The molecule has 2 nitrogen and oxygen atoms in total. The summed E-state index contributed by atoms with van der Waals surface area (Å²) in [7, 11) is 0. The first kappa shape index (κ1) is 7.22. The number of rotatable bonds is 3. The highest BCUT2D eigenvalue weighted by Gasteiger charge is 1.90. The number of nitrogens with zero attached hydrogens (tertiary/aromatic N) is 1. The fourth-order valence-electron chi connectivity index (χ4n) is 0.799. The summed E-state index contributed by atoms with van der Waals surface area (Å²) in [5.41, 5.74) is 1.01. The van der Waals surface area contributed by atoms with Gasteiger partial charge >= 0.3 is 0 Å². The molecule has 1 heterocycles. The van der Waals surface area contributed by atoms with Crippen LogP contribution in [-0.4, -0.2) is 11.6 Å². The second kappa shape index (κ2) is 4.01.